The van der Waals surface area contributed by atoms with Gasteiger partial charge in [0.25, 0.3) is 5.91 Å². The van der Waals surface area contributed by atoms with Gasteiger partial charge < -0.3 is 4.90 Å². The van der Waals surface area contributed by atoms with Gasteiger partial charge in [0.15, 0.2) is 9.84 Å². The summed E-state index contributed by atoms with van der Waals surface area (Å²) in [4.78, 5) is 14.8. The quantitative estimate of drug-likeness (QED) is 0.853. The molecule has 1 saturated heterocycles. The van der Waals surface area contributed by atoms with E-state index in [9.17, 15) is 13.2 Å². The van der Waals surface area contributed by atoms with Crippen LogP contribution in [0.2, 0.25) is 0 Å². The summed E-state index contributed by atoms with van der Waals surface area (Å²) < 4.78 is 23.6. The lowest BCUT2D eigenvalue weighted by atomic mass is 10.2. The van der Waals surface area contributed by atoms with Crippen molar-refractivity contribution in [3.8, 4) is 0 Å². The molecule has 4 nitrogen and oxygen atoms in total. The van der Waals surface area contributed by atoms with Crippen molar-refractivity contribution < 1.29 is 13.2 Å². The van der Waals surface area contributed by atoms with Gasteiger partial charge in [-0.1, -0.05) is 6.92 Å². The van der Waals surface area contributed by atoms with E-state index in [4.69, 9.17) is 0 Å². The molecule has 19 heavy (non-hydrogen) atoms. The Bertz CT molecular complexity index is 565. The first-order valence-corrected chi connectivity index (χ1v) is 10.1. The number of thioether (sulfide) groups is 1. The summed E-state index contributed by atoms with van der Waals surface area (Å²) in [6.07, 6.45) is 2.00. The first-order chi connectivity index (χ1) is 8.95. The summed E-state index contributed by atoms with van der Waals surface area (Å²) in [6.45, 7) is 2.50. The number of carbonyl (C=O) groups is 1. The van der Waals surface area contributed by atoms with Gasteiger partial charge in [0, 0.05) is 24.3 Å². The molecular formula is C12H17NO3S3. The second-order valence-electron chi connectivity index (χ2n) is 4.49. The molecule has 1 amide bonds. The molecule has 7 heteroatoms. The molecule has 0 unspecified atom stereocenters. The van der Waals surface area contributed by atoms with Crippen LogP contribution in [0, 0.1) is 0 Å². The molecule has 0 radical (unpaired) electrons. The lowest BCUT2D eigenvalue weighted by Gasteiger charge is -2.34. The van der Waals surface area contributed by atoms with Crippen molar-refractivity contribution in [2.75, 3.05) is 24.3 Å². The molecule has 1 atom stereocenters. The van der Waals surface area contributed by atoms with E-state index in [0.717, 1.165) is 17.7 Å². The molecule has 1 aromatic rings. The normalized spacial score (nSPS) is 20.5. The Balaban J connectivity index is 2.31. The molecule has 0 bridgehead atoms. The third-order valence-electron chi connectivity index (χ3n) is 3.16. The molecule has 0 saturated carbocycles. The second-order valence-corrected chi connectivity index (χ2v) is 8.76. The van der Waals surface area contributed by atoms with E-state index in [1.807, 2.05) is 18.4 Å². The Kier molecular flexibility index (Phi) is 4.58. The Labute approximate surface area is 122 Å². The maximum absolute atomic E-state index is 12.6. The van der Waals surface area contributed by atoms with E-state index >= 15 is 0 Å². The van der Waals surface area contributed by atoms with Crippen LogP contribution in [-0.2, 0) is 16.3 Å². The van der Waals surface area contributed by atoms with E-state index in [0.29, 0.717) is 17.2 Å². The van der Waals surface area contributed by atoms with Crippen molar-refractivity contribution in [1.82, 2.24) is 4.90 Å². The first-order valence-electron chi connectivity index (χ1n) is 6.09. The highest BCUT2D eigenvalue weighted by Gasteiger charge is 2.35. The Morgan fingerprint density at radius 2 is 2.26 bits per heavy atom. The van der Waals surface area contributed by atoms with Crippen LogP contribution in [0.3, 0.4) is 0 Å². The van der Waals surface area contributed by atoms with Crippen LogP contribution in [0.25, 0.3) is 0 Å². The molecule has 1 aliphatic heterocycles. The summed E-state index contributed by atoms with van der Waals surface area (Å²) in [5.74, 6) is 1.13. The second kappa shape index (κ2) is 5.85. The van der Waals surface area contributed by atoms with E-state index in [1.54, 1.807) is 11.8 Å². The zero-order valence-corrected chi connectivity index (χ0v) is 13.4. The average Bonchev–Trinajstić information content (AvgIpc) is 2.85. The van der Waals surface area contributed by atoms with Crippen LogP contribution in [0.4, 0.5) is 0 Å². The van der Waals surface area contributed by atoms with Gasteiger partial charge in [-0.05, 0) is 23.4 Å². The van der Waals surface area contributed by atoms with Gasteiger partial charge in [0.1, 0.15) is 5.37 Å². The van der Waals surface area contributed by atoms with Crippen LogP contribution in [0.1, 0.15) is 22.2 Å². The van der Waals surface area contributed by atoms with E-state index in [1.165, 1.54) is 22.5 Å². The molecular weight excluding hydrogens is 302 g/mol. The summed E-state index contributed by atoms with van der Waals surface area (Å²) in [5.41, 5.74) is 1.00. The molecule has 0 N–H and O–H groups in total. The van der Waals surface area contributed by atoms with Crippen LogP contribution < -0.4 is 0 Å². The van der Waals surface area contributed by atoms with Gasteiger partial charge in [-0.2, -0.15) is 11.8 Å². The third-order valence-corrected chi connectivity index (χ3v) is 6.75. The lowest BCUT2D eigenvalue weighted by molar-refractivity contribution is 0.0753. The van der Waals surface area contributed by atoms with Crippen molar-refractivity contribution in [2.45, 2.75) is 18.7 Å². The van der Waals surface area contributed by atoms with Crippen LogP contribution in [0.15, 0.2) is 11.4 Å². The Hall–Kier alpha value is -0.530. The number of aryl methyl sites for hydroxylation is 1. The number of rotatable bonds is 3. The minimum absolute atomic E-state index is 0.137. The highest BCUT2D eigenvalue weighted by atomic mass is 32.2. The predicted octanol–water partition coefficient (Wildman–Crippen LogP) is 1.87. The fraction of sp³-hybridized carbons (Fsp3) is 0.583. The summed E-state index contributed by atoms with van der Waals surface area (Å²) in [6, 6.07) is 1.94. The van der Waals surface area contributed by atoms with E-state index < -0.39 is 15.2 Å². The monoisotopic (exact) mass is 319 g/mol. The Morgan fingerprint density at radius 3 is 2.89 bits per heavy atom. The maximum Gasteiger partial charge on any atom is 0.265 e. The minimum Gasteiger partial charge on any atom is -0.319 e. The van der Waals surface area contributed by atoms with Gasteiger partial charge in [-0.15, -0.1) is 11.3 Å². The van der Waals surface area contributed by atoms with Crippen molar-refractivity contribution in [1.29, 1.82) is 0 Å². The van der Waals surface area contributed by atoms with Gasteiger partial charge >= 0.3 is 0 Å². The Morgan fingerprint density at radius 1 is 1.53 bits per heavy atom. The molecule has 106 valence electrons. The highest BCUT2D eigenvalue weighted by molar-refractivity contribution is 8.00. The SMILES string of the molecule is CCc1ccsc1C(=O)N1CCSC[C@H]1S(C)(=O)=O. The van der Waals surface area contributed by atoms with Crippen molar-refractivity contribution in [3.05, 3.63) is 21.9 Å². The van der Waals surface area contributed by atoms with E-state index in [-0.39, 0.29) is 5.91 Å². The molecule has 1 fully saturated rings. The number of nitrogens with zero attached hydrogens (tertiary/aromatic N) is 1. The number of hydrogen-bond donors (Lipinski definition) is 0. The number of carbonyl (C=O) groups excluding carboxylic acids is 1. The van der Waals surface area contributed by atoms with Crippen LogP contribution in [0.5, 0.6) is 0 Å². The van der Waals surface area contributed by atoms with Gasteiger partial charge in [0.05, 0.1) is 4.88 Å². The minimum atomic E-state index is -3.24. The first kappa shape index (κ1) is 14.9. The number of amides is 1. The molecule has 0 aromatic carbocycles. The maximum atomic E-state index is 12.6. The fourth-order valence-corrected chi connectivity index (χ4v) is 5.87. The zero-order chi connectivity index (χ0) is 14.0. The summed E-state index contributed by atoms with van der Waals surface area (Å²) in [7, 11) is -3.24. The van der Waals surface area contributed by atoms with Crippen molar-refractivity contribution in [2.24, 2.45) is 0 Å². The number of thiophene rings is 1. The van der Waals surface area contributed by atoms with Crippen molar-refractivity contribution >= 4 is 38.8 Å². The average molecular weight is 319 g/mol. The zero-order valence-electron chi connectivity index (χ0n) is 11.0. The number of sulfone groups is 1. The molecule has 2 heterocycles. The highest BCUT2D eigenvalue weighted by Crippen LogP contribution is 2.26. The molecule has 1 aromatic heterocycles. The molecule has 0 spiro atoms. The molecule has 2 rings (SSSR count). The van der Waals surface area contributed by atoms with Crippen molar-refractivity contribution in [3.63, 3.8) is 0 Å². The molecule has 0 aliphatic carbocycles. The van der Waals surface area contributed by atoms with Gasteiger partial charge in [-0.25, -0.2) is 8.42 Å². The van der Waals surface area contributed by atoms with E-state index in [2.05, 4.69) is 0 Å². The topological polar surface area (TPSA) is 54.5 Å². The van der Waals surface area contributed by atoms with Crippen LogP contribution >= 0.6 is 23.1 Å². The van der Waals surface area contributed by atoms with Crippen LogP contribution in [-0.4, -0.2) is 48.9 Å². The predicted molar refractivity (Wildman–Crippen MR) is 80.7 cm³/mol. The summed E-state index contributed by atoms with van der Waals surface area (Å²) >= 11 is 2.98. The standard InChI is InChI=1S/C12H17NO3S3/c1-3-9-4-6-18-11(9)12(14)13-5-7-17-8-10(13)19(2,15)16/h4,6,10H,3,5,7-8H2,1-2H3/t10-/m1/s1. The lowest BCUT2D eigenvalue weighted by Crippen LogP contribution is -2.49. The largest absolute Gasteiger partial charge is 0.319 e. The molecule has 1 aliphatic rings. The smallest absolute Gasteiger partial charge is 0.265 e. The third kappa shape index (κ3) is 3.14. The fourth-order valence-electron chi connectivity index (χ4n) is 2.10. The van der Waals surface area contributed by atoms with Gasteiger partial charge in [0.2, 0.25) is 0 Å². The summed E-state index contributed by atoms with van der Waals surface area (Å²) in [5, 5.41) is 1.20. The van der Waals surface area contributed by atoms with Gasteiger partial charge in [-0.3, -0.25) is 4.79 Å². The number of hydrogen-bond acceptors (Lipinski definition) is 5.